The van der Waals surface area contributed by atoms with Gasteiger partial charge in [0.15, 0.2) is 5.78 Å². The number of allylic oxidation sites excluding steroid dienone is 1. The molecule has 2 nitrogen and oxygen atoms in total. The summed E-state index contributed by atoms with van der Waals surface area (Å²) in [5.74, 6) is 0.0208. The van der Waals surface area contributed by atoms with Crippen molar-refractivity contribution in [2.24, 2.45) is 5.73 Å². The van der Waals surface area contributed by atoms with Gasteiger partial charge < -0.3 is 5.73 Å². The molecule has 0 aliphatic carbocycles. The van der Waals surface area contributed by atoms with Gasteiger partial charge in [0.2, 0.25) is 0 Å². The Morgan fingerprint density at radius 2 is 2.58 bits per heavy atom. The molecule has 0 radical (unpaired) electrons. The maximum atomic E-state index is 11.3. The fourth-order valence-electron chi connectivity index (χ4n) is 0.896. The van der Waals surface area contributed by atoms with E-state index in [4.69, 9.17) is 5.73 Å². The summed E-state index contributed by atoms with van der Waals surface area (Å²) in [6.45, 7) is 3.49. The number of rotatable bonds is 4. The Bertz CT molecular complexity index is 266. The van der Waals surface area contributed by atoms with Gasteiger partial charge in [0.05, 0.1) is 6.04 Å². The highest BCUT2D eigenvalue weighted by Crippen LogP contribution is 2.18. The zero-order valence-electron chi connectivity index (χ0n) is 6.69. The maximum Gasteiger partial charge on any atom is 0.158 e. The second-order valence-corrected chi connectivity index (χ2v) is 3.43. The van der Waals surface area contributed by atoms with E-state index >= 15 is 0 Å². The fraction of sp³-hybridized carbons (Fsp3) is 0.222. The van der Waals surface area contributed by atoms with E-state index in [1.54, 1.807) is 6.08 Å². The summed E-state index contributed by atoms with van der Waals surface area (Å²) in [6, 6.07) is 3.29. The summed E-state index contributed by atoms with van der Waals surface area (Å²) in [4.78, 5) is 12.2. The van der Waals surface area contributed by atoms with Crippen LogP contribution in [-0.2, 0) is 4.79 Å². The Kier molecular flexibility index (Phi) is 3.19. The van der Waals surface area contributed by atoms with Crippen molar-refractivity contribution >= 4 is 17.1 Å². The van der Waals surface area contributed by atoms with Crippen LogP contribution in [-0.4, -0.2) is 5.78 Å². The van der Waals surface area contributed by atoms with E-state index in [9.17, 15) is 4.79 Å². The van der Waals surface area contributed by atoms with Crippen LogP contribution >= 0.6 is 11.3 Å². The van der Waals surface area contributed by atoms with Crippen molar-refractivity contribution in [3.05, 3.63) is 35.0 Å². The molecule has 1 aromatic rings. The summed E-state index contributed by atoms with van der Waals surface area (Å²) >= 11 is 1.51. The molecule has 1 aromatic heterocycles. The van der Waals surface area contributed by atoms with Crippen LogP contribution in [0.3, 0.4) is 0 Å². The van der Waals surface area contributed by atoms with Crippen LogP contribution in [0.4, 0.5) is 0 Å². The van der Waals surface area contributed by atoms with Gasteiger partial charge in [-0.1, -0.05) is 12.1 Å². The first-order valence-corrected chi connectivity index (χ1v) is 4.56. The molecule has 0 aromatic carbocycles. The van der Waals surface area contributed by atoms with Crippen LogP contribution in [0.15, 0.2) is 30.2 Å². The lowest BCUT2D eigenvalue weighted by atomic mass is 10.1. The Hall–Kier alpha value is -0.930. The van der Waals surface area contributed by atoms with Crippen LogP contribution in [0.25, 0.3) is 0 Å². The number of Topliss-reactive ketones (excluding diaryl/α,β-unsaturated/α-hetero) is 1. The lowest BCUT2D eigenvalue weighted by Crippen LogP contribution is -2.19. The number of nitrogens with two attached hydrogens (primary N) is 1. The minimum Gasteiger partial charge on any atom is -0.317 e. The van der Waals surface area contributed by atoms with E-state index in [-0.39, 0.29) is 5.78 Å². The van der Waals surface area contributed by atoms with Crippen molar-refractivity contribution in [3.63, 3.8) is 0 Å². The van der Waals surface area contributed by atoms with Crippen LogP contribution in [0.1, 0.15) is 17.3 Å². The van der Waals surface area contributed by atoms with Crippen LogP contribution in [0, 0.1) is 0 Å². The summed E-state index contributed by atoms with van der Waals surface area (Å²) in [5.41, 5.74) is 5.68. The van der Waals surface area contributed by atoms with Gasteiger partial charge in [-0.15, -0.1) is 17.9 Å². The number of thiophene rings is 1. The molecule has 1 rings (SSSR count). The van der Waals surface area contributed by atoms with E-state index in [2.05, 4.69) is 6.58 Å². The van der Waals surface area contributed by atoms with E-state index in [1.165, 1.54) is 11.3 Å². The van der Waals surface area contributed by atoms with Gasteiger partial charge in [-0.25, -0.2) is 0 Å². The Balaban J connectivity index is 2.65. The first-order valence-electron chi connectivity index (χ1n) is 3.68. The third-order valence-electron chi connectivity index (χ3n) is 1.54. The topological polar surface area (TPSA) is 43.1 Å². The number of carbonyl (C=O) groups excluding carboxylic acids is 1. The Morgan fingerprint density at radius 3 is 3.08 bits per heavy atom. The lowest BCUT2D eigenvalue weighted by molar-refractivity contribution is -0.119. The van der Waals surface area contributed by atoms with E-state index in [0.29, 0.717) is 6.42 Å². The van der Waals surface area contributed by atoms with Crippen LogP contribution < -0.4 is 5.73 Å². The number of hydrogen-bond donors (Lipinski definition) is 1. The van der Waals surface area contributed by atoms with Gasteiger partial charge in [0, 0.05) is 11.3 Å². The van der Waals surface area contributed by atoms with Crippen molar-refractivity contribution < 1.29 is 4.79 Å². The minimum absolute atomic E-state index is 0.0208. The molecule has 2 N–H and O–H groups in total. The predicted molar refractivity (Wildman–Crippen MR) is 51.1 cm³/mol. The molecule has 0 fully saturated rings. The van der Waals surface area contributed by atoms with Gasteiger partial charge >= 0.3 is 0 Å². The van der Waals surface area contributed by atoms with E-state index in [1.807, 2.05) is 17.5 Å². The third-order valence-corrected chi connectivity index (χ3v) is 2.50. The van der Waals surface area contributed by atoms with Crippen LogP contribution in [0.5, 0.6) is 0 Å². The smallest absolute Gasteiger partial charge is 0.158 e. The molecular formula is C9H11NOS. The van der Waals surface area contributed by atoms with Crippen LogP contribution in [0.2, 0.25) is 0 Å². The molecule has 0 amide bonds. The first-order chi connectivity index (χ1) is 5.75. The van der Waals surface area contributed by atoms with Crippen molar-refractivity contribution in [2.45, 2.75) is 12.5 Å². The molecule has 1 atom stereocenters. The number of ketones is 1. The van der Waals surface area contributed by atoms with Crippen molar-refractivity contribution in [1.29, 1.82) is 0 Å². The summed E-state index contributed by atoms with van der Waals surface area (Å²) in [5, 5.41) is 1.91. The van der Waals surface area contributed by atoms with Gasteiger partial charge in [-0.2, -0.15) is 0 Å². The van der Waals surface area contributed by atoms with E-state index in [0.717, 1.165) is 4.88 Å². The summed E-state index contributed by atoms with van der Waals surface area (Å²) < 4.78 is 0. The van der Waals surface area contributed by atoms with Crippen molar-refractivity contribution in [2.75, 3.05) is 0 Å². The van der Waals surface area contributed by atoms with Gasteiger partial charge in [0.25, 0.3) is 0 Å². The van der Waals surface area contributed by atoms with Crippen molar-refractivity contribution in [3.8, 4) is 0 Å². The third kappa shape index (κ3) is 2.03. The first kappa shape index (κ1) is 9.16. The molecule has 0 aliphatic heterocycles. The molecule has 3 heteroatoms. The lowest BCUT2D eigenvalue weighted by Gasteiger charge is -2.05. The zero-order chi connectivity index (χ0) is 8.97. The SMILES string of the molecule is C=CCC(=O)C(N)c1cccs1. The molecular weight excluding hydrogens is 170 g/mol. The molecule has 1 heterocycles. The van der Waals surface area contributed by atoms with Gasteiger partial charge in [-0.3, -0.25) is 4.79 Å². The van der Waals surface area contributed by atoms with E-state index < -0.39 is 6.04 Å². The monoisotopic (exact) mass is 181 g/mol. The van der Waals surface area contributed by atoms with Crippen molar-refractivity contribution in [1.82, 2.24) is 0 Å². The molecule has 12 heavy (non-hydrogen) atoms. The number of carbonyl (C=O) groups is 1. The largest absolute Gasteiger partial charge is 0.317 e. The highest BCUT2D eigenvalue weighted by Gasteiger charge is 2.14. The fourth-order valence-corrected chi connectivity index (χ4v) is 1.65. The van der Waals surface area contributed by atoms with Gasteiger partial charge in [0.1, 0.15) is 0 Å². The predicted octanol–water partition coefficient (Wildman–Crippen LogP) is 1.89. The molecule has 0 aliphatic rings. The maximum absolute atomic E-state index is 11.3. The zero-order valence-corrected chi connectivity index (χ0v) is 7.51. The Labute approximate surface area is 75.7 Å². The average molecular weight is 181 g/mol. The molecule has 0 bridgehead atoms. The average Bonchev–Trinajstić information content (AvgIpc) is 2.55. The Morgan fingerprint density at radius 1 is 1.83 bits per heavy atom. The minimum atomic E-state index is -0.469. The highest BCUT2D eigenvalue weighted by molar-refractivity contribution is 7.10. The highest BCUT2D eigenvalue weighted by atomic mass is 32.1. The molecule has 0 saturated heterocycles. The normalized spacial score (nSPS) is 12.4. The second kappa shape index (κ2) is 4.18. The standard InChI is InChI=1S/C9H11NOS/c1-2-4-7(11)9(10)8-5-3-6-12-8/h2-3,5-6,9H,1,4,10H2. The van der Waals surface area contributed by atoms with Gasteiger partial charge in [-0.05, 0) is 11.4 Å². The quantitative estimate of drug-likeness (QED) is 0.721. The number of hydrogen-bond acceptors (Lipinski definition) is 3. The summed E-state index contributed by atoms with van der Waals surface area (Å²) in [7, 11) is 0. The summed E-state index contributed by atoms with van der Waals surface area (Å²) in [6.07, 6.45) is 1.93. The molecule has 64 valence electrons. The second-order valence-electron chi connectivity index (χ2n) is 2.45. The molecule has 0 spiro atoms. The molecule has 0 saturated carbocycles. The molecule has 1 unspecified atom stereocenters.